The van der Waals surface area contributed by atoms with E-state index in [-0.39, 0.29) is 0 Å². The summed E-state index contributed by atoms with van der Waals surface area (Å²) in [5.74, 6) is 2.12. The van der Waals surface area contributed by atoms with Crippen molar-refractivity contribution in [3.05, 3.63) is 23.8 Å². The van der Waals surface area contributed by atoms with Crippen LogP contribution in [0.2, 0.25) is 0 Å². The molecule has 0 aromatic heterocycles. The maximum atomic E-state index is 5.35. The number of ether oxygens (including phenoxy) is 2. The van der Waals surface area contributed by atoms with Crippen LogP contribution in [0.25, 0.3) is 0 Å². The van der Waals surface area contributed by atoms with E-state index >= 15 is 0 Å². The highest BCUT2D eigenvalue weighted by atomic mass is 16.7. The van der Waals surface area contributed by atoms with E-state index in [0.717, 1.165) is 30.2 Å². The number of piperidine rings is 1. The van der Waals surface area contributed by atoms with Crippen LogP contribution in [-0.4, -0.2) is 32.7 Å². The van der Waals surface area contributed by atoms with Crippen LogP contribution >= 0.6 is 0 Å². The molecule has 2 heterocycles. The number of benzene rings is 1. The fraction of sp³-hybridized carbons (Fsp3) is 0.500. The lowest BCUT2D eigenvalue weighted by molar-refractivity contribution is 0.0978. The summed E-state index contributed by atoms with van der Waals surface area (Å²) in [4.78, 5) is 5.35. The van der Waals surface area contributed by atoms with E-state index in [1.165, 1.54) is 12.8 Å². The van der Waals surface area contributed by atoms with Crippen LogP contribution in [-0.2, 0) is 4.84 Å². The maximum Gasteiger partial charge on any atom is 0.231 e. The summed E-state index contributed by atoms with van der Waals surface area (Å²) in [6.07, 6.45) is 4.14. The summed E-state index contributed by atoms with van der Waals surface area (Å²) in [6, 6.07) is 5.72. The molecule has 102 valence electrons. The van der Waals surface area contributed by atoms with Gasteiger partial charge < -0.3 is 19.6 Å². The van der Waals surface area contributed by atoms with Crippen molar-refractivity contribution in [2.75, 3.05) is 26.5 Å². The number of hydrogen-bond donors (Lipinski definition) is 1. The van der Waals surface area contributed by atoms with Gasteiger partial charge in [0.15, 0.2) is 11.5 Å². The third kappa shape index (κ3) is 3.17. The minimum atomic E-state index is 0.293. The molecule has 2 aliphatic heterocycles. The second-order valence-electron chi connectivity index (χ2n) is 4.86. The summed E-state index contributed by atoms with van der Waals surface area (Å²) in [6.45, 7) is 3.12. The van der Waals surface area contributed by atoms with E-state index in [1.54, 1.807) is 6.21 Å². The molecule has 1 N–H and O–H groups in total. The Morgan fingerprint density at radius 1 is 1.37 bits per heavy atom. The zero-order valence-electron chi connectivity index (χ0n) is 10.8. The van der Waals surface area contributed by atoms with Gasteiger partial charge in [-0.15, -0.1) is 0 Å². The molecule has 3 rings (SSSR count). The molecular weight excluding hydrogens is 244 g/mol. The normalized spacial score (nSPS) is 21.8. The molecule has 0 spiro atoms. The smallest absolute Gasteiger partial charge is 0.231 e. The van der Waals surface area contributed by atoms with Crippen molar-refractivity contribution in [1.29, 1.82) is 0 Å². The predicted octanol–water partition coefficient (Wildman–Crippen LogP) is 1.77. The fourth-order valence-electron chi connectivity index (χ4n) is 2.31. The lowest BCUT2D eigenvalue weighted by Gasteiger charge is -2.20. The monoisotopic (exact) mass is 262 g/mol. The van der Waals surface area contributed by atoms with Crippen LogP contribution in [0.1, 0.15) is 18.4 Å². The minimum Gasteiger partial charge on any atom is -0.454 e. The third-order valence-corrected chi connectivity index (χ3v) is 3.38. The summed E-state index contributed by atoms with van der Waals surface area (Å²) >= 11 is 0. The number of hydrogen-bond acceptors (Lipinski definition) is 5. The molecule has 19 heavy (non-hydrogen) atoms. The first-order chi connectivity index (χ1) is 9.42. The van der Waals surface area contributed by atoms with Gasteiger partial charge >= 0.3 is 0 Å². The Morgan fingerprint density at radius 3 is 3.21 bits per heavy atom. The lowest BCUT2D eigenvalue weighted by Crippen LogP contribution is -2.31. The Bertz CT molecular complexity index is 456. The second kappa shape index (κ2) is 5.93. The topological polar surface area (TPSA) is 52.1 Å². The van der Waals surface area contributed by atoms with Crippen molar-refractivity contribution in [3.63, 3.8) is 0 Å². The average Bonchev–Trinajstić information content (AvgIpc) is 2.92. The molecule has 1 aromatic carbocycles. The van der Waals surface area contributed by atoms with E-state index < -0.39 is 0 Å². The van der Waals surface area contributed by atoms with Gasteiger partial charge in [0.05, 0.1) is 6.21 Å². The van der Waals surface area contributed by atoms with E-state index in [9.17, 15) is 0 Å². The van der Waals surface area contributed by atoms with Crippen molar-refractivity contribution in [2.45, 2.75) is 12.8 Å². The molecule has 2 aliphatic rings. The molecule has 1 aromatic rings. The van der Waals surface area contributed by atoms with Gasteiger partial charge in [-0.1, -0.05) is 5.16 Å². The first-order valence-corrected chi connectivity index (χ1v) is 6.67. The largest absolute Gasteiger partial charge is 0.454 e. The lowest BCUT2D eigenvalue weighted by atomic mass is 10.0. The SMILES string of the molecule is C(=N\OCC1CCCNC1)/c1ccc2c(c1)OCO2. The standard InChI is InChI=1S/C14H18N2O3/c1-2-12(7-15-5-1)9-19-16-8-11-3-4-13-14(6-11)18-10-17-13/h3-4,6,8,12,15H,1-2,5,7,9-10H2/b16-8+. The Labute approximate surface area is 112 Å². The highest BCUT2D eigenvalue weighted by Crippen LogP contribution is 2.31. The maximum absolute atomic E-state index is 5.35. The Hall–Kier alpha value is -1.75. The molecule has 1 fully saturated rings. The minimum absolute atomic E-state index is 0.293. The van der Waals surface area contributed by atoms with Crippen LogP contribution < -0.4 is 14.8 Å². The predicted molar refractivity (Wildman–Crippen MR) is 71.7 cm³/mol. The highest BCUT2D eigenvalue weighted by Gasteiger charge is 2.13. The summed E-state index contributed by atoms with van der Waals surface area (Å²) in [7, 11) is 0. The van der Waals surface area contributed by atoms with Gasteiger partial charge in [-0.3, -0.25) is 0 Å². The number of oxime groups is 1. The third-order valence-electron chi connectivity index (χ3n) is 3.38. The van der Waals surface area contributed by atoms with E-state index in [2.05, 4.69) is 10.5 Å². The molecule has 0 saturated carbocycles. The van der Waals surface area contributed by atoms with Crippen molar-refractivity contribution < 1.29 is 14.3 Å². The highest BCUT2D eigenvalue weighted by molar-refractivity contribution is 5.80. The van der Waals surface area contributed by atoms with E-state index in [1.807, 2.05) is 18.2 Å². The second-order valence-corrected chi connectivity index (χ2v) is 4.86. The summed E-state index contributed by atoms with van der Waals surface area (Å²) in [5.41, 5.74) is 0.950. The quantitative estimate of drug-likeness (QED) is 0.663. The van der Waals surface area contributed by atoms with Crippen molar-refractivity contribution in [1.82, 2.24) is 5.32 Å². The number of nitrogens with one attached hydrogen (secondary N) is 1. The number of fused-ring (bicyclic) bond motifs is 1. The molecule has 1 unspecified atom stereocenters. The van der Waals surface area contributed by atoms with Gasteiger partial charge in [-0.05, 0) is 37.6 Å². The molecule has 0 aliphatic carbocycles. The molecule has 5 nitrogen and oxygen atoms in total. The van der Waals surface area contributed by atoms with E-state index in [0.29, 0.717) is 19.3 Å². The zero-order chi connectivity index (χ0) is 12.9. The summed E-state index contributed by atoms with van der Waals surface area (Å²) in [5, 5.41) is 7.37. The molecule has 1 saturated heterocycles. The van der Waals surface area contributed by atoms with Crippen LogP contribution in [0, 0.1) is 5.92 Å². The van der Waals surface area contributed by atoms with Crippen LogP contribution in [0.4, 0.5) is 0 Å². The van der Waals surface area contributed by atoms with Crippen molar-refractivity contribution >= 4 is 6.21 Å². The first-order valence-electron chi connectivity index (χ1n) is 6.67. The van der Waals surface area contributed by atoms with Gasteiger partial charge in [0.2, 0.25) is 6.79 Å². The summed E-state index contributed by atoms with van der Waals surface area (Å²) < 4.78 is 10.6. The average molecular weight is 262 g/mol. The zero-order valence-corrected chi connectivity index (χ0v) is 10.8. The van der Waals surface area contributed by atoms with Gasteiger partial charge in [0.25, 0.3) is 0 Å². The fourth-order valence-corrected chi connectivity index (χ4v) is 2.31. The van der Waals surface area contributed by atoms with Crippen LogP contribution in [0.3, 0.4) is 0 Å². The molecule has 0 amide bonds. The molecule has 0 bridgehead atoms. The van der Waals surface area contributed by atoms with Gasteiger partial charge in [0, 0.05) is 18.0 Å². The molecule has 5 heteroatoms. The molecular formula is C14H18N2O3. The van der Waals surface area contributed by atoms with Crippen LogP contribution in [0.15, 0.2) is 23.4 Å². The molecule has 0 radical (unpaired) electrons. The first kappa shape index (κ1) is 12.3. The number of nitrogens with zero attached hydrogens (tertiary/aromatic N) is 1. The van der Waals surface area contributed by atoms with Crippen molar-refractivity contribution in [3.8, 4) is 11.5 Å². The number of rotatable bonds is 4. The Kier molecular flexibility index (Phi) is 3.83. The molecule has 1 atom stereocenters. The Morgan fingerprint density at radius 2 is 2.32 bits per heavy atom. The van der Waals surface area contributed by atoms with Crippen LogP contribution in [0.5, 0.6) is 11.5 Å². The van der Waals surface area contributed by atoms with E-state index in [4.69, 9.17) is 14.3 Å². The Balaban J connectivity index is 1.49. The van der Waals surface area contributed by atoms with Crippen molar-refractivity contribution in [2.24, 2.45) is 11.1 Å². The van der Waals surface area contributed by atoms with Gasteiger partial charge in [0.1, 0.15) is 6.61 Å². The van der Waals surface area contributed by atoms with Gasteiger partial charge in [-0.25, -0.2) is 0 Å². The van der Waals surface area contributed by atoms with Gasteiger partial charge in [-0.2, -0.15) is 0 Å².